The minimum Gasteiger partial charge on any atom is -1.00 e. The first-order valence-electron chi connectivity index (χ1n) is 10.5. The van der Waals surface area contributed by atoms with E-state index in [0.717, 1.165) is 22.3 Å². The van der Waals surface area contributed by atoms with Crippen molar-refractivity contribution in [2.24, 2.45) is 0 Å². The molecule has 2 aromatic rings. The molecule has 0 aromatic heterocycles. The van der Waals surface area contributed by atoms with Crippen LogP contribution in [0.4, 0.5) is 4.79 Å². The van der Waals surface area contributed by atoms with Crippen LogP contribution in [0.25, 0.3) is 11.1 Å². The van der Waals surface area contributed by atoms with E-state index in [-0.39, 0.29) is 37.4 Å². The first-order chi connectivity index (χ1) is 15.6. The molecule has 34 heavy (non-hydrogen) atoms. The molecule has 3 amide bonds. The van der Waals surface area contributed by atoms with Crippen LogP contribution in [0.1, 0.15) is 37.5 Å². The number of likely N-dealkylation sites (N-methyl/N-ethyl adjacent to an activating group) is 1. The molecule has 1 heterocycles. The maximum atomic E-state index is 12.7. The molecular weight excluding hydrogens is 445 g/mol. The number of amides is 3. The van der Waals surface area contributed by atoms with Crippen molar-refractivity contribution in [1.82, 2.24) is 15.5 Å². The first kappa shape index (κ1) is 27.3. The number of benzene rings is 2. The van der Waals surface area contributed by atoms with Crippen LogP contribution in [0.5, 0.6) is 0 Å². The second-order valence-corrected chi connectivity index (χ2v) is 8.12. The molecule has 2 unspecified atom stereocenters. The van der Waals surface area contributed by atoms with Gasteiger partial charge in [0.1, 0.15) is 0 Å². The molecule has 0 bridgehead atoms. The van der Waals surface area contributed by atoms with Crippen molar-refractivity contribution in [2.75, 3.05) is 7.05 Å². The number of ketones is 1. The fraction of sp³-hybridized carbons (Fsp3) is 0.280. The third-order valence-corrected chi connectivity index (χ3v) is 5.89. The molecule has 0 aliphatic carbocycles. The molecule has 8 nitrogen and oxygen atoms in total. The number of urea groups is 1. The van der Waals surface area contributed by atoms with Gasteiger partial charge in [-0.3, -0.25) is 14.4 Å². The summed E-state index contributed by atoms with van der Waals surface area (Å²) in [6.07, 6.45) is 0.924. The van der Waals surface area contributed by atoms with Crippen molar-refractivity contribution < 1.29 is 55.3 Å². The summed E-state index contributed by atoms with van der Waals surface area (Å²) in [5, 5.41) is 14.5. The summed E-state index contributed by atoms with van der Waals surface area (Å²) in [6, 6.07) is 10.4. The Morgan fingerprint density at radius 3 is 2.35 bits per heavy atom. The Hall–Kier alpha value is -2.94. The standard InChI is InChI=1S/C25H27N3O5.Na.H/c1-14-8-5-6-9-17(14)18-10-7-11-19(16(18)3)20(13-22(30)31)26-25(33)27-23-21(29)12-15(2)28(4)24(23)32;;/h5-12,20,23H,13H2,1-4H3,(H,30,31)(H2,26,27,33);;/q;+1;-1. The van der Waals surface area contributed by atoms with Crippen LogP contribution in [0.15, 0.2) is 54.2 Å². The number of aliphatic carboxylic acids is 1. The van der Waals surface area contributed by atoms with Gasteiger partial charge >= 0.3 is 41.6 Å². The number of aryl methyl sites for hydroxylation is 1. The Morgan fingerprint density at radius 2 is 1.71 bits per heavy atom. The van der Waals surface area contributed by atoms with Gasteiger partial charge in [-0.05, 0) is 48.6 Å². The molecule has 3 rings (SSSR count). The van der Waals surface area contributed by atoms with Gasteiger partial charge in [0.15, 0.2) is 11.8 Å². The quantitative estimate of drug-likeness (QED) is 0.410. The molecule has 1 aliphatic rings. The zero-order valence-electron chi connectivity index (χ0n) is 21.0. The van der Waals surface area contributed by atoms with Crippen LogP contribution >= 0.6 is 0 Å². The number of nitrogens with zero attached hydrogens (tertiary/aromatic N) is 1. The van der Waals surface area contributed by atoms with E-state index in [1.165, 1.54) is 18.0 Å². The molecule has 0 spiro atoms. The monoisotopic (exact) mass is 473 g/mol. The average Bonchev–Trinajstić information content (AvgIpc) is 2.75. The number of carboxylic acid groups (broad SMARTS) is 1. The maximum absolute atomic E-state index is 12.7. The molecular formula is C25H28N3NaO5. The molecule has 2 aromatic carbocycles. The van der Waals surface area contributed by atoms with Gasteiger partial charge in [0.2, 0.25) is 0 Å². The fourth-order valence-electron chi connectivity index (χ4n) is 3.95. The second-order valence-electron chi connectivity index (χ2n) is 8.12. The van der Waals surface area contributed by atoms with Crippen molar-refractivity contribution >= 4 is 23.7 Å². The van der Waals surface area contributed by atoms with E-state index in [1.807, 2.05) is 50.2 Å². The van der Waals surface area contributed by atoms with E-state index in [4.69, 9.17) is 0 Å². The molecule has 1 aliphatic heterocycles. The minimum absolute atomic E-state index is 0. The summed E-state index contributed by atoms with van der Waals surface area (Å²) < 4.78 is 0. The summed E-state index contributed by atoms with van der Waals surface area (Å²) in [5.41, 5.74) is 4.97. The van der Waals surface area contributed by atoms with Crippen LogP contribution in [-0.2, 0) is 14.4 Å². The van der Waals surface area contributed by atoms with E-state index >= 15 is 0 Å². The van der Waals surface area contributed by atoms with Gasteiger partial charge in [-0.2, -0.15) is 0 Å². The zero-order valence-corrected chi connectivity index (χ0v) is 22.0. The number of carbonyl (C=O) groups is 4. The third-order valence-electron chi connectivity index (χ3n) is 5.89. The van der Waals surface area contributed by atoms with Crippen LogP contribution in [0.2, 0.25) is 0 Å². The van der Waals surface area contributed by atoms with Crippen molar-refractivity contribution in [2.45, 2.75) is 39.3 Å². The van der Waals surface area contributed by atoms with Gasteiger partial charge in [-0.1, -0.05) is 42.5 Å². The predicted molar refractivity (Wildman–Crippen MR) is 124 cm³/mol. The summed E-state index contributed by atoms with van der Waals surface area (Å²) in [6.45, 7) is 5.49. The Labute approximate surface area is 222 Å². The number of nitrogens with one attached hydrogen (secondary N) is 2. The molecule has 9 heteroatoms. The van der Waals surface area contributed by atoms with Gasteiger partial charge in [-0.15, -0.1) is 0 Å². The van der Waals surface area contributed by atoms with E-state index < -0.39 is 35.8 Å². The largest absolute Gasteiger partial charge is 1.00 e. The summed E-state index contributed by atoms with van der Waals surface area (Å²) in [7, 11) is 1.51. The Morgan fingerprint density at radius 1 is 1.06 bits per heavy atom. The van der Waals surface area contributed by atoms with Gasteiger partial charge in [0.05, 0.1) is 12.5 Å². The van der Waals surface area contributed by atoms with E-state index in [2.05, 4.69) is 10.6 Å². The predicted octanol–water partition coefficient (Wildman–Crippen LogP) is 0.215. The summed E-state index contributed by atoms with van der Waals surface area (Å²) in [4.78, 5) is 50.3. The Kier molecular flexibility index (Phi) is 9.21. The molecule has 0 saturated carbocycles. The van der Waals surface area contributed by atoms with E-state index in [1.54, 1.807) is 13.0 Å². The Bertz CT molecular complexity index is 1170. The molecule has 0 fully saturated rings. The van der Waals surface area contributed by atoms with Crippen molar-refractivity contribution in [3.63, 3.8) is 0 Å². The number of carboxylic acids is 1. The van der Waals surface area contributed by atoms with Gasteiger partial charge in [-0.25, -0.2) is 4.79 Å². The topological polar surface area (TPSA) is 116 Å². The van der Waals surface area contributed by atoms with Gasteiger partial charge in [0, 0.05) is 18.8 Å². The molecule has 0 saturated heterocycles. The molecule has 174 valence electrons. The molecule has 2 atom stereocenters. The number of rotatable bonds is 6. The van der Waals surface area contributed by atoms with Crippen LogP contribution in [-0.4, -0.2) is 46.8 Å². The van der Waals surface area contributed by atoms with Crippen LogP contribution in [0.3, 0.4) is 0 Å². The summed E-state index contributed by atoms with van der Waals surface area (Å²) in [5.74, 6) is -2.18. The van der Waals surface area contributed by atoms with E-state index in [9.17, 15) is 24.3 Å². The normalized spacial score (nSPS) is 16.3. The third kappa shape index (κ3) is 5.94. The average molecular weight is 474 g/mol. The SMILES string of the molecule is CC1=CC(=O)C(NC(=O)NC(CC(=O)O)c2cccc(-c3ccccc3C)c2C)C(=O)N1C.[H-].[Na+]. The smallest absolute Gasteiger partial charge is 1.00 e. The number of hydrogen-bond donors (Lipinski definition) is 3. The van der Waals surface area contributed by atoms with Gasteiger partial charge in [0.25, 0.3) is 5.91 Å². The van der Waals surface area contributed by atoms with Crippen molar-refractivity contribution in [1.29, 1.82) is 0 Å². The minimum atomic E-state index is -1.36. The maximum Gasteiger partial charge on any atom is 1.00 e. The van der Waals surface area contributed by atoms with Crippen molar-refractivity contribution in [3.05, 3.63) is 70.9 Å². The molecule has 0 radical (unpaired) electrons. The first-order valence-corrected chi connectivity index (χ1v) is 10.5. The number of carbonyl (C=O) groups excluding carboxylic acids is 3. The fourth-order valence-corrected chi connectivity index (χ4v) is 3.95. The van der Waals surface area contributed by atoms with Crippen LogP contribution in [0, 0.1) is 13.8 Å². The number of hydrogen-bond acceptors (Lipinski definition) is 4. The molecule has 3 N–H and O–H groups in total. The van der Waals surface area contributed by atoms with Gasteiger partial charge < -0.3 is 22.1 Å². The summed E-state index contributed by atoms with van der Waals surface area (Å²) >= 11 is 0. The van der Waals surface area contributed by atoms with Crippen molar-refractivity contribution in [3.8, 4) is 11.1 Å². The van der Waals surface area contributed by atoms with E-state index in [0.29, 0.717) is 11.3 Å². The zero-order chi connectivity index (χ0) is 24.3. The Balaban J connectivity index is 0.00000306. The van der Waals surface area contributed by atoms with Crippen LogP contribution < -0.4 is 40.2 Å². The second kappa shape index (κ2) is 11.5. The number of allylic oxidation sites excluding steroid dienone is 1.